The van der Waals surface area contributed by atoms with Crippen LogP contribution in [0.15, 0.2) is 0 Å². The first-order valence-electron chi connectivity index (χ1n) is 7.27. The van der Waals surface area contributed by atoms with Crippen molar-refractivity contribution in [2.75, 3.05) is 13.1 Å². The molecule has 1 aliphatic carbocycles. The molecule has 1 heterocycles. The lowest BCUT2D eigenvalue weighted by molar-refractivity contribution is -0.150. The van der Waals surface area contributed by atoms with Gasteiger partial charge in [0.15, 0.2) is 0 Å². The Hall–Kier alpha value is -1.10. The van der Waals surface area contributed by atoms with Gasteiger partial charge in [-0.2, -0.15) is 0 Å². The van der Waals surface area contributed by atoms with Crippen LogP contribution in [0.5, 0.6) is 0 Å². The van der Waals surface area contributed by atoms with E-state index in [1.165, 1.54) is 6.42 Å². The van der Waals surface area contributed by atoms with E-state index < -0.39 is 5.54 Å². The molecule has 1 saturated heterocycles. The lowest BCUT2D eigenvalue weighted by Crippen LogP contribution is -2.63. The third-order valence-corrected chi connectivity index (χ3v) is 4.56. The smallest absolute Gasteiger partial charge is 0.245 e. The van der Waals surface area contributed by atoms with Gasteiger partial charge in [0.2, 0.25) is 11.8 Å². The normalized spacial score (nSPS) is 30.9. The highest BCUT2D eigenvalue weighted by Gasteiger charge is 2.41. The number of hydrogen-bond donors (Lipinski definition) is 2. The Balaban J connectivity index is 2.00. The Kier molecular flexibility index (Phi) is 4.13. The van der Waals surface area contributed by atoms with Gasteiger partial charge in [-0.25, -0.2) is 0 Å². The van der Waals surface area contributed by atoms with E-state index in [1.807, 2.05) is 0 Å². The van der Waals surface area contributed by atoms with Crippen LogP contribution in [0.25, 0.3) is 0 Å². The zero-order valence-corrected chi connectivity index (χ0v) is 11.9. The average molecular weight is 267 g/mol. The first kappa shape index (κ1) is 14.3. The second-order valence-electron chi connectivity index (χ2n) is 6.27. The molecule has 0 aromatic rings. The fraction of sp³-hybridized carbons (Fsp3) is 0.857. The molecule has 19 heavy (non-hydrogen) atoms. The molecular formula is C14H25N3O2. The second kappa shape index (κ2) is 5.49. The summed E-state index contributed by atoms with van der Waals surface area (Å²) in [5, 5.41) is 2.81. The number of rotatable bonds is 2. The second-order valence-corrected chi connectivity index (χ2v) is 6.27. The van der Waals surface area contributed by atoms with Gasteiger partial charge in [0.25, 0.3) is 0 Å². The van der Waals surface area contributed by atoms with E-state index in [-0.39, 0.29) is 23.8 Å². The molecule has 5 heteroatoms. The van der Waals surface area contributed by atoms with Gasteiger partial charge in [0.1, 0.15) is 5.54 Å². The topological polar surface area (TPSA) is 75.4 Å². The predicted molar refractivity (Wildman–Crippen MR) is 73.4 cm³/mol. The molecule has 2 aliphatic rings. The van der Waals surface area contributed by atoms with Crippen molar-refractivity contribution >= 4 is 11.8 Å². The molecule has 2 rings (SSSR count). The van der Waals surface area contributed by atoms with Gasteiger partial charge in [0.05, 0.1) is 0 Å². The quantitative estimate of drug-likeness (QED) is 0.770. The highest BCUT2D eigenvalue weighted by atomic mass is 16.2. The molecule has 0 radical (unpaired) electrons. The summed E-state index contributed by atoms with van der Waals surface area (Å²) in [6.07, 6.45) is 4.87. The third-order valence-electron chi connectivity index (χ3n) is 4.56. The average Bonchev–Trinajstić information content (AvgIpc) is 2.35. The van der Waals surface area contributed by atoms with E-state index in [0.29, 0.717) is 19.5 Å². The molecule has 5 nitrogen and oxygen atoms in total. The Labute approximate surface area is 114 Å². The molecule has 0 aromatic heterocycles. The molecular weight excluding hydrogens is 242 g/mol. The molecule has 108 valence electrons. The van der Waals surface area contributed by atoms with Gasteiger partial charge < -0.3 is 16.0 Å². The lowest BCUT2D eigenvalue weighted by Gasteiger charge is -2.42. The van der Waals surface area contributed by atoms with Crippen LogP contribution in [0.2, 0.25) is 0 Å². The third kappa shape index (κ3) is 2.91. The van der Waals surface area contributed by atoms with Gasteiger partial charge in [0, 0.05) is 25.6 Å². The minimum Gasteiger partial charge on any atom is -0.352 e. The van der Waals surface area contributed by atoms with Crippen LogP contribution in [0, 0.1) is 5.92 Å². The summed E-state index contributed by atoms with van der Waals surface area (Å²) in [4.78, 5) is 26.0. The SMILES string of the molecule is CC1(C)C(=O)NCCN1C(=O)CC1CCCCC1N. The van der Waals surface area contributed by atoms with Crippen molar-refractivity contribution in [1.29, 1.82) is 0 Å². The van der Waals surface area contributed by atoms with Gasteiger partial charge in [-0.1, -0.05) is 12.8 Å². The summed E-state index contributed by atoms with van der Waals surface area (Å²) in [6.45, 7) is 4.75. The van der Waals surface area contributed by atoms with Crippen LogP contribution >= 0.6 is 0 Å². The molecule has 0 spiro atoms. The van der Waals surface area contributed by atoms with Crippen molar-refractivity contribution < 1.29 is 9.59 Å². The maximum Gasteiger partial charge on any atom is 0.245 e. The molecule has 2 amide bonds. The summed E-state index contributed by atoms with van der Waals surface area (Å²) < 4.78 is 0. The Bertz CT molecular complexity index is 368. The largest absolute Gasteiger partial charge is 0.352 e. The van der Waals surface area contributed by atoms with E-state index in [4.69, 9.17) is 5.73 Å². The summed E-state index contributed by atoms with van der Waals surface area (Å²) in [5.74, 6) is 0.282. The zero-order valence-electron chi connectivity index (χ0n) is 11.9. The number of piperazine rings is 1. The minimum absolute atomic E-state index is 0.0694. The van der Waals surface area contributed by atoms with Gasteiger partial charge >= 0.3 is 0 Å². The van der Waals surface area contributed by atoms with Crippen molar-refractivity contribution in [3.05, 3.63) is 0 Å². The van der Waals surface area contributed by atoms with Gasteiger partial charge in [-0.05, 0) is 32.6 Å². The number of carbonyl (C=O) groups excluding carboxylic acids is 2. The standard InChI is InChI=1S/C14H25N3O2/c1-14(2)13(19)16-7-8-17(14)12(18)9-10-5-3-4-6-11(10)15/h10-11H,3-9,15H2,1-2H3,(H,16,19). The summed E-state index contributed by atoms with van der Waals surface area (Å²) in [5.41, 5.74) is 5.36. The zero-order chi connectivity index (χ0) is 14.0. The molecule has 2 atom stereocenters. The number of nitrogens with zero attached hydrogens (tertiary/aromatic N) is 1. The summed E-state index contributed by atoms with van der Waals surface area (Å²) >= 11 is 0. The Morgan fingerprint density at radius 1 is 1.42 bits per heavy atom. The van der Waals surface area contributed by atoms with E-state index in [0.717, 1.165) is 19.3 Å². The number of amides is 2. The Morgan fingerprint density at radius 3 is 2.79 bits per heavy atom. The Morgan fingerprint density at radius 2 is 2.11 bits per heavy atom. The number of nitrogens with one attached hydrogen (secondary N) is 1. The summed E-state index contributed by atoms with van der Waals surface area (Å²) in [7, 11) is 0. The first-order chi connectivity index (χ1) is 8.93. The number of hydrogen-bond acceptors (Lipinski definition) is 3. The first-order valence-corrected chi connectivity index (χ1v) is 7.27. The van der Waals surface area contributed by atoms with Crippen LogP contribution < -0.4 is 11.1 Å². The van der Waals surface area contributed by atoms with E-state index in [1.54, 1.807) is 18.7 Å². The van der Waals surface area contributed by atoms with Crippen molar-refractivity contribution in [3.63, 3.8) is 0 Å². The molecule has 1 aliphatic heterocycles. The maximum atomic E-state index is 12.5. The van der Waals surface area contributed by atoms with E-state index >= 15 is 0 Å². The number of nitrogens with two attached hydrogens (primary N) is 1. The van der Waals surface area contributed by atoms with Crippen LogP contribution in [-0.4, -0.2) is 41.4 Å². The van der Waals surface area contributed by atoms with Crippen LogP contribution in [0.1, 0.15) is 46.0 Å². The van der Waals surface area contributed by atoms with Crippen LogP contribution in [0.4, 0.5) is 0 Å². The van der Waals surface area contributed by atoms with Gasteiger partial charge in [-0.3, -0.25) is 9.59 Å². The van der Waals surface area contributed by atoms with Crippen molar-refractivity contribution in [1.82, 2.24) is 10.2 Å². The van der Waals surface area contributed by atoms with Crippen molar-refractivity contribution in [2.45, 2.75) is 57.5 Å². The summed E-state index contributed by atoms with van der Waals surface area (Å²) in [6, 6.07) is 0.138. The highest BCUT2D eigenvalue weighted by Crippen LogP contribution is 2.28. The molecule has 2 unspecified atom stereocenters. The minimum atomic E-state index is -0.742. The van der Waals surface area contributed by atoms with Crippen LogP contribution in [-0.2, 0) is 9.59 Å². The van der Waals surface area contributed by atoms with E-state index in [2.05, 4.69) is 5.32 Å². The van der Waals surface area contributed by atoms with E-state index in [9.17, 15) is 9.59 Å². The van der Waals surface area contributed by atoms with Crippen molar-refractivity contribution in [3.8, 4) is 0 Å². The predicted octanol–water partition coefficient (Wildman–Crippen LogP) is 0.631. The fourth-order valence-electron chi connectivity index (χ4n) is 3.16. The number of carbonyl (C=O) groups is 2. The van der Waals surface area contributed by atoms with Crippen molar-refractivity contribution in [2.24, 2.45) is 11.7 Å². The highest BCUT2D eigenvalue weighted by molar-refractivity contribution is 5.91. The monoisotopic (exact) mass is 267 g/mol. The molecule has 0 aromatic carbocycles. The van der Waals surface area contributed by atoms with Crippen LogP contribution in [0.3, 0.4) is 0 Å². The van der Waals surface area contributed by atoms with Gasteiger partial charge in [-0.15, -0.1) is 0 Å². The molecule has 0 bridgehead atoms. The molecule has 2 fully saturated rings. The molecule has 1 saturated carbocycles. The maximum absolute atomic E-state index is 12.5. The lowest BCUT2D eigenvalue weighted by atomic mass is 9.82. The fourth-order valence-corrected chi connectivity index (χ4v) is 3.16. The molecule has 3 N–H and O–H groups in total.